The number of aliphatic hydroxyl groups is 1. The molecule has 0 aliphatic heterocycles. The first-order valence-corrected chi connectivity index (χ1v) is 6.52. The molecule has 20 heavy (non-hydrogen) atoms. The first-order chi connectivity index (χ1) is 9.56. The maximum absolute atomic E-state index is 13.5. The number of hydrogen-bond acceptors (Lipinski definition) is 2. The minimum atomic E-state index is -0.780. The third-order valence-corrected chi connectivity index (χ3v) is 3.15. The van der Waals surface area contributed by atoms with Crippen LogP contribution in [0, 0.1) is 11.6 Å². The third kappa shape index (κ3) is 4.00. The second kappa shape index (κ2) is 6.79. The highest BCUT2D eigenvalue weighted by atomic mass is 35.5. The summed E-state index contributed by atoms with van der Waals surface area (Å²) in [4.78, 5) is 0. The molecule has 0 fully saturated rings. The molecule has 0 bridgehead atoms. The molecule has 106 valence electrons. The summed E-state index contributed by atoms with van der Waals surface area (Å²) in [5, 5.41) is 13.3. The zero-order valence-corrected chi connectivity index (χ0v) is 11.4. The lowest BCUT2D eigenvalue weighted by Crippen LogP contribution is -2.21. The summed E-state index contributed by atoms with van der Waals surface area (Å²) < 4.78 is 26.2. The molecule has 2 rings (SSSR count). The van der Waals surface area contributed by atoms with Crippen LogP contribution in [-0.2, 0) is 6.54 Å². The molecule has 0 radical (unpaired) electrons. The van der Waals surface area contributed by atoms with Gasteiger partial charge in [-0.2, -0.15) is 0 Å². The van der Waals surface area contributed by atoms with Crippen molar-refractivity contribution in [2.75, 3.05) is 6.54 Å². The number of nitrogens with one attached hydrogen (secondary N) is 1. The lowest BCUT2D eigenvalue weighted by molar-refractivity contribution is 0.174. The van der Waals surface area contributed by atoms with Gasteiger partial charge in [0.05, 0.1) is 6.10 Å². The average molecular weight is 298 g/mol. The van der Waals surface area contributed by atoms with Gasteiger partial charge in [0, 0.05) is 23.7 Å². The Kier molecular flexibility index (Phi) is 5.06. The monoisotopic (exact) mass is 297 g/mol. The van der Waals surface area contributed by atoms with Crippen molar-refractivity contribution in [3.63, 3.8) is 0 Å². The van der Waals surface area contributed by atoms with Gasteiger partial charge in [0.1, 0.15) is 11.6 Å². The van der Waals surface area contributed by atoms with Crippen molar-refractivity contribution in [2.24, 2.45) is 0 Å². The Hall–Kier alpha value is -1.49. The molecule has 0 aromatic heterocycles. The fourth-order valence-corrected chi connectivity index (χ4v) is 2.02. The zero-order chi connectivity index (χ0) is 14.5. The molecule has 0 spiro atoms. The second-order valence-electron chi connectivity index (χ2n) is 4.43. The first-order valence-electron chi connectivity index (χ1n) is 6.14. The van der Waals surface area contributed by atoms with Gasteiger partial charge in [0.25, 0.3) is 0 Å². The standard InChI is InChI=1S/C15H14ClF2NO/c16-12-3-6-14(18)11(7-12)8-19-9-15(20)10-1-4-13(17)5-2-10/h1-7,15,19-20H,8-9H2. The summed E-state index contributed by atoms with van der Waals surface area (Å²) in [6.07, 6.45) is -0.780. The Balaban J connectivity index is 1.89. The summed E-state index contributed by atoms with van der Waals surface area (Å²) >= 11 is 5.79. The van der Waals surface area contributed by atoms with Gasteiger partial charge in [-0.3, -0.25) is 0 Å². The van der Waals surface area contributed by atoms with E-state index in [1.54, 1.807) is 0 Å². The van der Waals surface area contributed by atoms with Crippen molar-refractivity contribution in [2.45, 2.75) is 12.6 Å². The van der Waals surface area contributed by atoms with Crippen LogP contribution in [0.5, 0.6) is 0 Å². The molecule has 0 saturated heterocycles. The Labute approximate surface area is 121 Å². The predicted molar refractivity (Wildman–Crippen MR) is 74.5 cm³/mol. The van der Waals surface area contributed by atoms with Gasteiger partial charge in [0.2, 0.25) is 0 Å². The lowest BCUT2D eigenvalue weighted by atomic mass is 10.1. The summed E-state index contributed by atoms with van der Waals surface area (Å²) in [5.41, 5.74) is 1.04. The topological polar surface area (TPSA) is 32.3 Å². The number of halogens is 3. The SMILES string of the molecule is OC(CNCc1cc(Cl)ccc1F)c1ccc(F)cc1. The van der Waals surface area contributed by atoms with Crippen LogP contribution in [0.3, 0.4) is 0 Å². The van der Waals surface area contributed by atoms with Gasteiger partial charge in [-0.05, 0) is 35.9 Å². The van der Waals surface area contributed by atoms with E-state index in [4.69, 9.17) is 11.6 Å². The molecule has 1 unspecified atom stereocenters. The molecule has 0 saturated carbocycles. The van der Waals surface area contributed by atoms with E-state index in [1.165, 1.54) is 42.5 Å². The predicted octanol–water partition coefficient (Wildman–Crippen LogP) is 3.44. The van der Waals surface area contributed by atoms with E-state index in [9.17, 15) is 13.9 Å². The van der Waals surface area contributed by atoms with Gasteiger partial charge in [-0.1, -0.05) is 23.7 Å². The minimum absolute atomic E-state index is 0.234. The maximum Gasteiger partial charge on any atom is 0.127 e. The lowest BCUT2D eigenvalue weighted by Gasteiger charge is -2.12. The quantitative estimate of drug-likeness (QED) is 0.886. The van der Waals surface area contributed by atoms with Crippen molar-refractivity contribution < 1.29 is 13.9 Å². The number of hydrogen-bond donors (Lipinski definition) is 2. The van der Waals surface area contributed by atoms with E-state index in [0.29, 0.717) is 16.1 Å². The smallest absolute Gasteiger partial charge is 0.127 e. The zero-order valence-electron chi connectivity index (χ0n) is 10.6. The van der Waals surface area contributed by atoms with E-state index in [2.05, 4.69) is 5.32 Å². The van der Waals surface area contributed by atoms with Gasteiger partial charge in [0.15, 0.2) is 0 Å². The molecule has 5 heteroatoms. The summed E-state index contributed by atoms with van der Waals surface area (Å²) in [6.45, 7) is 0.488. The normalized spacial score (nSPS) is 12.4. The molecule has 2 aromatic carbocycles. The molecule has 2 N–H and O–H groups in total. The van der Waals surface area contributed by atoms with Crippen LogP contribution in [0.4, 0.5) is 8.78 Å². The molecular formula is C15H14ClF2NO. The average Bonchev–Trinajstić information content (AvgIpc) is 2.43. The third-order valence-electron chi connectivity index (χ3n) is 2.92. The highest BCUT2D eigenvalue weighted by Gasteiger charge is 2.08. The number of rotatable bonds is 5. The summed E-state index contributed by atoms with van der Waals surface area (Å²) in [6, 6.07) is 9.92. The van der Waals surface area contributed by atoms with Gasteiger partial charge < -0.3 is 10.4 Å². The highest BCUT2D eigenvalue weighted by molar-refractivity contribution is 6.30. The van der Waals surface area contributed by atoms with E-state index < -0.39 is 6.10 Å². The molecule has 1 atom stereocenters. The van der Waals surface area contributed by atoms with E-state index in [0.717, 1.165) is 0 Å². The summed E-state index contributed by atoms with van der Waals surface area (Å²) in [7, 11) is 0. The molecule has 2 nitrogen and oxygen atoms in total. The molecule has 0 aliphatic rings. The van der Waals surface area contributed by atoms with Crippen molar-refractivity contribution >= 4 is 11.6 Å². The number of benzene rings is 2. The Morgan fingerprint density at radius 2 is 1.80 bits per heavy atom. The van der Waals surface area contributed by atoms with Crippen LogP contribution in [0.2, 0.25) is 5.02 Å². The van der Waals surface area contributed by atoms with Crippen LogP contribution in [0.25, 0.3) is 0 Å². The Morgan fingerprint density at radius 1 is 1.10 bits per heavy atom. The van der Waals surface area contributed by atoms with E-state index in [1.807, 2.05) is 0 Å². The fraction of sp³-hybridized carbons (Fsp3) is 0.200. The molecule has 0 heterocycles. The number of aliphatic hydroxyl groups excluding tert-OH is 1. The van der Waals surface area contributed by atoms with Crippen LogP contribution in [0.1, 0.15) is 17.2 Å². The van der Waals surface area contributed by atoms with Crippen molar-refractivity contribution in [3.8, 4) is 0 Å². The molecule has 0 aliphatic carbocycles. The molecular weight excluding hydrogens is 284 g/mol. The van der Waals surface area contributed by atoms with Gasteiger partial charge in [-0.15, -0.1) is 0 Å². The Morgan fingerprint density at radius 3 is 2.50 bits per heavy atom. The highest BCUT2D eigenvalue weighted by Crippen LogP contribution is 2.16. The van der Waals surface area contributed by atoms with Crippen LogP contribution >= 0.6 is 11.6 Å². The van der Waals surface area contributed by atoms with Crippen LogP contribution in [-0.4, -0.2) is 11.7 Å². The second-order valence-corrected chi connectivity index (χ2v) is 4.87. The van der Waals surface area contributed by atoms with Crippen LogP contribution in [0.15, 0.2) is 42.5 Å². The van der Waals surface area contributed by atoms with Gasteiger partial charge >= 0.3 is 0 Å². The van der Waals surface area contributed by atoms with E-state index >= 15 is 0 Å². The molecule has 2 aromatic rings. The van der Waals surface area contributed by atoms with Crippen LogP contribution < -0.4 is 5.32 Å². The Bertz CT molecular complexity index is 575. The van der Waals surface area contributed by atoms with E-state index in [-0.39, 0.29) is 24.7 Å². The fourth-order valence-electron chi connectivity index (χ4n) is 1.83. The minimum Gasteiger partial charge on any atom is -0.387 e. The van der Waals surface area contributed by atoms with Crippen molar-refractivity contribution in [3.05, 3.63) is 70.2 Å². The summed E-state index contributed by atoms with van der Waals surface area (Å²) in [5.74, 6) is -0.701. The maximum atomic E-state index is 13.5. The largest absolute Gasteiger partial charge is 0.387 e. The van der Waals surface area contributed by atoms with Crippen molar-refractivity contribution in [1.82, 2.24) is 5.32 Å². The van der Waals surface area contributed by atoms with Crippen molar-refractivity contribution in [1.29, 1.82) is 0 Å². The van der Waals surface area contributed by atoms with Gasteiger partial charge in [-0.25, -0.2) is 8.78 Å². The molecule has 0 amide bonds. The first kappa shape index (κ1) is 14.9.